The lowest BCUT2D eigenvalue weighted by Crippen LogP contribution is -2.40. The molecule has 1 amide bonds. The van der Waals surface area contributed by atoms with Crippen LogP contribution in [0.4, 0.5) is 0 Å². The van der Waals surface area contributed by atoms with Crippen molar-refractivity contribution in [2.75, 3.05) is 0 Å². The summed E-state index contributed by atoms with van der Waals surface area (Å²) in [5, 5.41) is 3.38. The Morgan fingerprint density at radius 3 is 2.28 bits per heavy atom. The van der Waals surface area contributed by atoms with Crippen molar-refractivity contribution >= 4 is 27.5 Å². The number of hydrogen-bond donors (Lipinski definition) is 2. The van der Waals surface area contributed by atoms with Crippen LogP contribution in [0.15, 0.2) is 53.4 Å². The van der Waals surface area contributed by atoms with E-state index in [0.717, 1.165) is 5.56 Å². The number of rotatable bonds is 5. The second-order valence-corrected chi connectivity index (χ2v) is 8.81. The summed E-state index contributed by atoms with van der Waals surface area (Å²) in [5.41, 5.74) is 0.692. The smallest absolute Gasteiger partial charge is 0.251 e. The quantitative estimate of drug-likeness (QED) is 0.835. The maximum absolute atomic E-state index is 12.2. The van der Waals surface area contributed by atoms with Crippen molar-refractivity contribution in [3.05, 3.63) is 64.7 Å². The van der Waals surface area contributed by atoms with Crippen molar-refractivity contribution in [3.63, 3.8) is 0 Å². The molecule has 0 spiro atoms. The van der Waals surface area contributed by atoms with Gasteiger partial charge in [0.1, 0.15) is 0 Å². The third-order valence-electron chi connectivity index (χ3n) is 3.21. The number of carbonyl (C=O) groups excluding carboxylic acids is 1. The fraction of sp³-hybridized carbons (Fsp3) is 0.278. The molecular weight excluding hydrogens is 360 g/mol. The van der Waals surface area contributed by atoms with E-state index in [-0.39, 0.29) is 10.8 Å². The van der Waals surface area contributed by atoms with Gasteiger partial charge in [0.15, 0.2) is 0 Å². The van der Waals surface area contributed by atoms with Crippen LogP contribution in [0.2, 0.25) is 5.02 Å². The van der Waals surface area contributed by atoms with Gasteiger partial charge >= 0.3 is 0 Å². The number of hydrogen-bond acceptors (Lipinski definition) is 3. The van der Waals surface area contributed by atoms with Gasteiger partial charge in [0.2, 0.25) is 10.0 Å². The average Bonchev–Trinajstić information content (AvgIpc) is 2.50. The molecule has 0 radical (unpaired) electrons. The molecule has 5 nitrogen and oxygen atoms in total. The Morgan fingerprint density at radius 1 is 1.08 bits per heavy atom. The van der Waals surface area contributed by atoms with Crippen LogP contribution in [0, 0.1) is 0 Å². The SMILES string of the molecule is CC(C)(C)NS(=O)(=O)c1ccc(C(=O)NCc2cccc(Cl)c2)cc1. The molecule has 2 rings (SSSR count). The minimum atomic E-state index is -3.62. The first-order valence-electron chi connectivity index (χ1n) is 7.73. The molecule has 7 heteroatoms. The normalized spacial score (nSPS) is 12.0. The highest BCUT2D eigenvalue weighted by Gasteiger charge is 2.22. The van der Waals surface area contributed by atoms with Crippen molar-refractivity contribution in [2.45, 2.75) is 37.8 Å². The molecule has 2 N–H and O–H groups in total. The Bertz CT molecular complexity index is 857. The van der Waals surface area contributed by atoms with E-state index < -0.39 is 15.6 Å². The molecule has 0 saturated heterocycles. The van der Waals surface area contributed by atoms with E-state index in [1.54, 1.807) is 32.9 Å². The van der Waals surface area contributed by atoms with Gasteiger partial charge in [0.25, 0.3) is 5.91 Å². The molecule has 0 aliphatic carbocycles. The number of benzene rings is 2. The molecule has 0 aliphatic heterocycles. The van der Waals surface area contributed by atoms with Gasteiger partial charge in [-0.1, -0.05) is 23.7 Å². The highest BCUT2D eigenvalue weighted by atomic mass is 35.5. The van der Waals surface area contributed by atoms with Crippen LogP contribution in [0.5, 0.6) is 0 Å². The summed E-state index contributed by atoms with van der Waals surface area (Å²) in [6, 6.07) is 13.0. The van der Waals surface area contributed by atoms with Gasteiger partial charge in [-0.25, -0.2) is 13.1 Å². The average molecular weight is 381 g/mol. The summed E-state index contributed by atoms with van der Waals surface area (Å²) < 4.78 is 27.1. The van der Waals surface area contributed by atoms with Crippen LogP contribution in [0.25, 0.3) is 0 Å². The Balaban J connectivity index is 2.05. The van der Waals surface area contributed by atoms with Crippen molar-refractivity contribution in [3.8, 4) is 0 Å². The second-order valence-electron chi connectivity index (χ2n) is 6.69. The maximum Gasteiger partial charge on any atom is 0.251 e. The van der Waals surface area contributed by atoms with Crippen LogP contribution < -0.4 is 10.0 Å². The maximum atomic E-state index is 12.2. The van der Waals surface area contributed by atoms with E-state index >= 15 is 0 Å². The summed E-state index contributed by atoms with van der Waals surface area (Å²) in [6.07, 6.45) is 0. The number of halogens is 1. The van der Waals surface area contributed by atoms with Gasteiger partial charge in [-0.3, -0.25) is 4.79 Å². The van der Waals surface area contributed by atoms with Crippen LogP contribution in [0.1, 0.15) is 36.7 Å². The summed E-state index contributed by atoms with van der Waals surface area (Å²) in [6.45, 7) is 5.64. The summed E-state index contributed by atoms with van der Waals surface area (Å²) in [5.74, 6) is -0.285. The molecule has 0 aromatic heterocycles. The first-order valence-corrected chi connectivity index (χ1v) is 9.60. The van der Waals surface area contributed by atoms with Crippen molar-refractivity contribution < 1.29 is 13.2 Å². The molecule has 0 saturated carbocycles. The third-order valence-corrected chi connectivity index (χ3v) is 5.22. The van der Waals surface area contributed by atoms with Gasteiger partial charge in [0.05, 0.1) is 4.90 Å². The van der Waals surface area contributed by atoms with Gasteiger partial charge < -0.3 is 5.32 Å². The molecule has 2 aromatic carbocycles. The molecule has 2 aromatic rings. The second kappa shape index (κ2) is 7.56. The largest absolute Gasteiger partial charge is 0.348 e. The Morgan fingerprint density at radius 2 is 1.72 bits per heavy atom. The number of sulfonamides is 1. The standard InChI is InChI=1S/C18H21ClN2O3S/c1-18(2,3)21-25(23,24)16-9-7-14(8-10-16)17(22)20-12-13-5-4-6-15(19)11-13/h4-11,21H,12H2,1-3H3,(H,20,22). The van der Waals surface area contributed by atoms with Crippen LogP contribution in [-0.2, 0) is 16.6 Å². The Labute approximate surface area is 153 Å². The number of nitrogens with one attached hydrogen (secondary N) is 2. The predicted octanol–water partition coefficient (Wildman–Crippen LogP) is 3.35. The van der Waals surface area contributed by atoms with E-state index in [9.17, 15) is 13.2 Å². The van der Waals surface area contributed by atoms with Gasteiger partial charge in [0, 0.05) is 22.7 Å². The Kier molecular flexibility index (Phi) is 5.87. The molecule has 134 valence electrons. The van der Waals surface area contributed by atoms with Gasteiger partial charge in [-0.15, -0.1) is 0 Å². The van der Waals surface area contributed by atoms with Crippen LogP contribution in [-0.4, -0.2) is 19.9 Å². The lowest BCUT2D eigenvalue weighted by molar-refractivity contribution is 0.0951. The van der Waals surface area contributed by atoms with Crippen LogP contribution in [0.3, 0.4) is 0 Å². The molecule has 0 heterocycles. The first kappa shape index (κ1) is 19.4. The summed E-state index contributed by atoms with van der Waals surface area (Å²) in [4.78, 5) is 12.3. The monoisotopic (exact) mass is 380 g/mol. The van der Waals surface area contributed by atoms with E-state index in [0.29, 0.717) is 17.1 Å². The highest BCUT2D eigenvalue weighted by Crippen LogP contribution is 2.14. The molecule has 0 atom stereocenters. The fourth-order valence-electron chi connectivity index (χ4n) is 2.18. The predicted molar refractivity (Wildman–Crippen MR) is 99.1 cm³/mol. The lowest BCUT2D eigenvalue weighted by Gasteiger charge is -2.20. The zero-order valence-corrected chi connectivity index (χ0v) is 15.9. The lowest BCUT2D eigenvalue weighted by atomic mass is 10.1. The van der Waals surface area contributed by atoms with Crippen molar-refractivity contribution in [2.24, 2.45) is 0 Å². The first-order chi connectivity index (χ1) is 11.6. The summed E-state index contributed by atoms with van der Waals surface area (Å²) >= 11 is 5.91. The zero-order chi connectivity index (χ0) is 18.7. The van der Waals surface area contributed by atoms with Crippen molar-refractivity contribution in [1.82, 2.24) is 10.0 Å². The van der Waals surface area contributed by atoms with Crippen LogP contribution >= 0.6 is 11.6 Å². The summed E-state index contributed by atoms with van der Waals surface area (Å²) in [7, 11) is -3.62. The minimum Gasteiger partial charge on any atom is -0.348 e. The molecule has 0 aliphatic rings. The zero-order valence-electron chi connectivity index (χ0n) is 14.3. The number of amides is 1. The topological polar surface area (TPSA) is 75.3 Å². The van der Waals surface area contributed by atoms with E-state index in [1.165, 1.54) is 24.3 Å². The molecule has 25 heavy (non-hydrogen) atoms. The molecular formula is C18H21ClN2O3S. The fourth-order valence-corrected chi connectivity index (χ4v) is 3.81. The van der Waals surface area contributed by atoms with E-state index in [2.05, 4.69) is 10.0 Å². The van der Waals surface area contributed by atoms with E-state index in [4.69, 9.17) is 11.6 Å². The highest BCUT2D eigenvalue weighted by molar-refractivity contribution is 7.89. The molecule has 0 fully saturated rings. The van der Waals surface area contributed by atoms with Gasteiger partial charge in [-0.05, 0) is 62.7 Å². The third kappa shape index (κ3) is 5.85. The van der Waals surface area contributed by atoms with E-state index in [1.807, 2.05) is 12.1 Å². The minimum absolute atomic E-state index is 0.119. The number of carbonyl (C=O) groups is 1. The van der Waals surface area contributed by atoms with Gasteiger partial charge in [-0.2, -0.15) is 0 Å². The Hall–Kier alpha value is -1.89. The molecule has 0 bridgehead atoms. The van der Waals surface area contributed by atoms with Crippen molar-refractivity contribution in [1.29, 1.82) is 0 Å². The molecule has 0 unspecified atom stereocenters.